The van der Waals surface area contributed by atoms with Crippen molar-refractivity contribution in [3.05, 3.63) is 24.3 Å². The zero-order valence-electron chi connectivity index (χ0n) is 6.13. The van der Waals surface area contributed by atoms with E-state index in [4.69, 9.17) is 0 Å². The SMILES string of the molecule is [Na+].[Na+].[O-]c1ccccc1[O-]. The summed E-state index contributed by atoms with van der Waals surface area (Å²) in [5, 5.41) is 20.6. The third-order valence-electron chi connectivity index (χ3n) is 0.849. The topological polar surface area (TPSA) is 46.1 Å². The molecule has 0 saturated heterocycles. The molecule has 0 aliphatic carbocycles. The molecule has 0 amide bonds. The molecule has 0 aliphatic rings. The molecule has 0 N–H and O–H groups in total. The van der Waals surface area contributed by atoms with E-state index in [1.54, 1.807) is 12.1 Å². The first kappa shape index (κ1) is 13.4. The fraction of sp³-hybridized carbons (Fsp3) is 0. The van der Waals surface area contributed by atoms with Crippen LogP contribution in [0.1, 0.15) is 0 Å². The summed E-state index contributed by atoms with van der Waals surface area (Å²) >= 11 is 0. The number of hydrogen-bond acceptors (Lipinski definition) is 2. The molecule has 0 spiro atoms. The van der Waals surface area contributed by atoms with Gasteiger partial charge >= 0.3 is 59.1 Å². The molecule has 0 heterocycles. The zero-order valence-corrected chi connectivity index (χ0v) is 10.1. The van der Waals surface area contributed by atoms with Crippen LogP contribution >= 0.6 is 0 Å². The van der Waals surface area contributed by atoms with Crippen LogP contribution in [0.3, 0.4) is 0 Å². The van der Waals surface area contributed by atoms with Gasteiger partial charge in [0, 0.05) is 0 Å². The van der Waals surface area contributed by atoms with Crippen LogP contribution < -0.4 is 69.3 Å². The fourth-order valence-corrected chi connectivity index (χ4v) is 0.450. The minimum Gasteiger partial charge on any atom is -0.873 e. The second-order valence-electron chi connectivity index (χ2n) is 1.45. The predicted molar refractivity (Wildman–Crippen MR) is 25.3 cm³/mol. The van der Waals surface area contributed by atoms with E-state index in [1.807, 2.05) is 0 Å². The van der Waals surface area contributed by atoms with Crippen molar-refractivity contribution in [2.45, 2.75) is 0 Å². The molecule has 0 unspecified atom stereocenters. The largest absolute Gasteiger partial charge is 1.00 e. The molecule has 0 saturated carbocycles. The minimum absolute atomic E-state index is 0. The first-order valence-corrected chi connectivity index (χ1v) is 2.24. The van der Waals surface area contributed by atoms with Gasteiger partial charge in [-0.15, -0.1) is 11.5 Å². The molecule has 0 aliphatic heterocycles. The molecule has 4 heteroatoms. The molecular formula is C6H4Na2O2. The molecule has 10 heavy (non-hydrogen) atoms. The van der Waals surface area contributed by atoms with E-state index in [1.165, 1.54) is 12.1 Å². The monoisotopic (exact) mass is 154 g/mol. The predicted octanol–water partition coefficient (Wildman–Crippen LogP) is -6.16. The Morgan fingerprint density at radius 2 is 1.10 bits per heavy atom. The van der Waals surface area contributed by atoms with Crippen LogP contribution in [0, 0.1) is 0 Å². The standard InChI is InChI=1S/C6H6O2.2Na/c7-5-3-1-2-4-6(5)8;;/h1-4,7-8H;;/q;2*+1/p-2. The summed E-state index contributed by atoms with van der Waals surface area (Å²) < 4.78 is 0. The van der Waals surface area contributed by atoms with Crippen molar-refractivity contribution >= 4 is 0 Å². The van der Waals surface area contributed by atoms with Gasteiger partial charge in [0.05, 0.1) is 0 Å². The van der Waals surface area contributed by atoms with Crippen molar-refractivity contribution in [2.75, 3.05) is 0 Å². The molecule has 0 fully saturated rings. The third-order valence-corrected chi connectivity index (χ3v) is 0.849. The average molecular weight is 154 g/mol. The van der Waals surface area contributed by atoms with Crippen LogP contribution in [0.15, 0.2) is 24.3 Å². The van der Waals surface area contributed by atoms with E-state index in [-0.39, 0.29) is 59.1 Å². The molecule has 0 atom stereocenters. The maximum Gasteiger partial charge on any atom is 1.00 e. The number of benzene rings is 1. The molecular weight excluding hydrogens is 150 g/mol. The second kappa shape index (κ2) is 6.53. The normalized spacial score (nSPS) is 7.20. The Hall–Kier alpha value is 0.820. The maximum absolute atomic E-state index is 10.3. The smallest absolute Gasteiger partial charge is 0.873 e. The molecule has 2 nitrogen and oxygen atoms in total. The fourth-order valence-electron chi connectivity index (χ4n) is 0.450. The molecule has 0 radical (unpaired) electrons. The first-order chi connectivity index (χ1) is 3.80. The van der Waals surface area contributed by atoms with Crippen molar-refractivity contribution in [3.63, 3.8) is 0 Å². The summed E-state index contributed by atoms with van der Waals surface area (Å²) in [6.45, 7) is 0. The van der Waals surface area contributed by atoms with Gasteiger partial charge in [-0.2, -0.15) is 0 Å². The van der Waals surface area contributed by atoms with E-state index in [2.05, 4.69) is 0 Å². The Morgan fingerprint density at radius 1 is 0.800 bits per heavy atom. The van der Waals surface area contributed by atoms with E-state index < -0.39 is 11.5 Å². The van der Waals surface area contributed by atoms with Crippen LogP contribution in [-0.2, 0) is 0 Å². The van der Waals surface area contributed by atoms with E-state index in [0.717, 1.165) is 0 Å². The van der Waals surface area contributed by atoms with Gasteiger partial charge in [-0.05, 0) is 0 Å². The van der Waals surface area contributed by atoms with Gasteiger partial charge in [-0.1, -0.05) is 24.3 Å². The Balaban J connectivity index is 0. The zero-order chi connectivity index (χ0) is 5.98. The molecule has 0 aromatic heterocycles. The second-order valence-corrected chi connectivity index (χ2v) is 1.45. The van der Waals surface area contributed by atoms with Crippen LogP contribution in [0.5, 0.6) is 11.5 Å². The van der Waals surface area contributed by atoms with Gasteiger partial charge in [-0.25, -0.2) is 0 Å². The number of rotatable bonds is 0. The van der Waals surface area contributed by atoms with E-state index in [0.29, 0.717) is 0 Å². The number of hydrogen-bond donors (Lipinski definition) is 0. The quantitative estimate of drug-likeness (QED) is 0.349. The molecule has 42 valence electrons. The summed E-state index contributed by atoms with van der Waals surface area (Å²) in [7, 11) is 0. The van der Waals surface area contributed by atoms with Crippen molar-refractivity contribution in [1.82, 2.24) is 0 Å². The Morgan fingerprint density at radius 3 is 1.30 bits per heavy atom. The Labute approximate surface area is 104 Å². The Kier molecular flexibility index (Phi) is 8.75. The van der Waals surface area contributed by atoms with Gasteiger partial charge in [0.25, 0.3) is 0 Å². The maximum atomic E-state index is 10.3. The van der Waals surface area contributed by atoms with Crippen LogP contribution in [0.4, 0.5) is 0 Å². The Bertz CT molecular complexity index is 170. The molecule has 1 rings (SSSR count). The van der Waals surface area contributed by atoms with Gasteiger partial charge in [0.1, 0.15) is 0 Å². The third kappa shape index (κ3) is 3.86. The van der Waals surface area contributed by atoms with Crippen molar-refractivity contribution in [2.24, 2.45) is 0 Å². The summed E-state index contributed by atoms with van der Waals surface area (Å²) in [6, 6.07) is 5.60. The number of para-hydroxylation sites is 2. The van der Waals surface area contributed by atoms with Crippen molar-refractivity contribution < 1.29 is 69.3 Å². The van der Waals surface area contributed by atoms with Gasteiger partial charge in [-0.3, -0.25) is 0 Å². The first-order valence-electron chi connectivity index (χ1n) is 2.24. The summed E-state index contributed by atoms with van der Waals surface area (Å²) in [5.41, 5.74) is 0. The van der Waals surface area contributed by atoms with Gasteiger partial charge < -0.3 is 10.2 Å². The molecule has 0 bridgehead atoms. The van der Waals surface area contributed by atoms with Gasteiger partial charge in [0.15, 0.2) is 0 Å². The van der Waals surface area contributed by atoms with E-state index >= 15 is 0 Å². The minimum atomic E-state index is -0.437. The van der Waals surface area contributed by atoms with E-state index in [9.17, 15) is 10.2 Å². The van der Waals surface area contributed by atoms with Crippen molar-refractivity contribution in [3.8, 4) is 11.5 Å². The van der Waals surface area contributed by atoms with Gasteiger partial charge in [0.2, 0.25) is 0 Å². The summed E-state index contributed by atoms with van der Waals surface area (Å²) in [6.07, 6.45) is 0. The molecule has 1 aromatic carbocycles. The van der Waals surface area contributed by atoms with Crippen LogP contribution in [-0.4, -0.2) is 0 Å². The van der Waals surface area contributed by atoms with Crippen LogP contribution in [0.25, 0.3) is 0 Å². The van der Waals surface area contributed by atoms with Crippen molar-refractivity contribution in [1.29, 1.82) is 0 Å². The average Bonchev–Trinajstić information content (AvgIpc) is 1.77. The molecule has 1 aromatic rings. The van der Waals surface area contributed by atoms with Crippen LogP contribution in [0.2, 0.25) is 0 Å². The summed E-state index contributed by atoms with van der Waals surface area (Å²) in [4.78, 5) is 0. The summed E-state index contributed by atoms with van der Waals surface area (Å²) in [5.74, 6) is -0.875.